The molecule has 0 spiro atoms. The smallest absolute Gasteiger partial charge is 0.345 e. The van der Waals surface area contributed by atoms with Gasteiger partial charge in [0.05, 0.1) is 17.0 Å². The molecule has 1 aliphatic heterocycles. The summed E-state index contributed by atoms with van der Waals surface area (Å²) >= 11 is 1.51. The monoisotopic (exact) mass is 409 g/mol. The van der Waals surface area contributed by atoms with Crippen LogP contribution in [0.3, 0.4) is 0 Å². The maximum Gasteiger partial charge on any atom is 0.345 e. The second-order valence-corrected chi connectivity index (χ2v) is 7.84. The first kappa shape index (κ1) is 19.4. The first-order chi connectivity index (χ1) is 14.0. The minimum Gasteiger partial charge on any atom is -0.422 e. The molecule has 0 radical (unpaired) electrons. The number of hydrogen-bond acceptors (Lipinski definition) is 7. The Labute approximate surface area is 173 Å². The van der Waals surface area contributed by atoms with Crippen LogP contribution < -0.4 is 10.5 Å². The summed E-state index contributed by atoms with van der Waals surface area (Å²) in [5.41, 5.74) is 4.29. The van der Waals surface area contributed by atoms with Crippen molar-refractivity contribution in [1.29, 1.82) is 0 Å². The zero-order valence-electron chi connectivity index (χ0n) is 17.0. The van der Waals surface area contributed by atoms with E-state index in [0.29, 0.717) is 27.8 Å². The molecule has 1 aromatic carbocycles. The average Bonchev–Trinajstić information content (AvgIpc) is 3.06. The number of aryl methyl sites for hydroxylation is 2. The van der Waals surface area contributed by atoms with Gasteiger partial charge in [0, 0.05) is 35.6 Å². The van der Waals surface area contributed by atoms with Gasteiger partial charge in [-0.05, 0) is 58.0 Å². The van der Waals surface area contributed by atoms with Gasteiger partial charge in [-0.2, -0.15) is 10.2 Å². The van der Waals surface area contributed by atoms with Gasteiger partial charge >= 0.3 is 5.63 Å². The molecule has 0 saturated heterocycles. The number of hydrogen-bond donors (Lipinski definition) is 0. The zero-order chi connectivity index (χ0) is 20.5. The first-order valence-corrected chi connectivity index (χ1v) is 10.6. The SMILES string of the molecule is CCN(CC)c1ccc2oc(=O)c(C3=NN=C(n4nc(C)cc4C)SC3)cc2c1. The molecule has 3 heterocycles. The third kappa shape index (κ3) is 3.72. The third-order valence-corrected chi connectivity index (χ3v) is 5.87. The lowest BCUT2D eigenvalue weighted by atomic mass is 10.1. The Balaban J connectivity index is 1.72. The molecule has 2 aromatic heterocycles. The van der Waals surface area contributed by atoms with E-state index in [2.05, 4.69) is 40.1 Å². The Morgan fingerprint density at radius 2 is 1.93 bits per heavy atom. The largest absolute Gasteiger partial charge is 0.422 e. The molecule has 4 rings (SSSR count). The van der Waals surface area contributed by atoms with Gasteiger partial charge in [-0.25, -0.2) is 9.48 Å². The predicted molar refractivity (Wildman–Crippen MR) is 120 cm³/mol. The van der Waals surface area contributed by atoms with Crippen LogP contribution in [0, 0.1) is 13.8 Å². The molecule has 29 heavy (non-hydrogen) atoms. The molecule has 0 unspecified atom stereocenters. The minimum absolute atomic E-state index is 0.391. The van der Waals surface area contributed by atoms with Crippen LogP contribution in [0.1, 0.15) is 30.8 Å². The van der Waals surface area contributed by atoms with Crippen molar-refractivity contribution in [3.05, 3.63) is 57.7 Å². The van der Waals surface area contributed by atoms with Gasteiger partial charge in [0.15, 0.2) is 0 Å². The van der Waals surface area contributed by atoms with E-state index in [4.69, 9.17) is 4.42 Å². The van der Waals surface area contributed by atoms with Gasteiger partial charge in [-0.3, -0.25) is 0 Å². The van der Waals surface area contributed by atoms with E-state index >= 15 is 0 Å². The molecule has 3 aromatic rings. The average molecular weight is 410 g/mol. The summed E-state index contributed by atoms with van der Waals surface area (Å²) in [6.07, 6.45) is 0. The number of rotatable bonds is 4. The van der Waals surface area contributed by atoms with Gasteiger partial charge in [-0.15, -0.1) is 5.10 Å². The summed E-state index contributed by atoms with van der Waals surface area (Å²) in [7, 11) is 0. The number of aromatic nitrogens is 2. The van der Waals surface area contributed by atoms with Gasteiger partial charge < -0.3 is 9.32 Å². The number of fused-ring (bicyclic) bond motifs is 1. The number of nitrogens with zero attached hydrogens (tertiary/aromatic N) is 5. The van der Waals surface area contributed by atoms with Crippen LogP contribution in [0.25, 0.3) is 11.0 Å². The second kappa shape index (κ2) is 7.87. The highest BCUT2D eigenvalue weighted by atomic mass is 32.2. The van der Waals surface area contributed by atoms with Crippen molar-refractivity contribution < 1.29 is 4.42 Å². The van der Waals surface area contributed by atoms with Crippen LogP contribution >= 0.6 is 11.8 Å². The summed E-state index contributed by atoms with van der Waals surface area (Å²) < 4.78 is 7.33. The quantitative estimate of drug-likeness (QED) is 0.613. The highest BCUT2D eigenvalue weighted by Gasteiger charge is 2.19. The summed E-state index contributed by atoms with van der Waals surface area (Å²) in [6, 6.07) is 9.74. The Morgan fingerprint density at radius 1 is 1.14 bits per heavy atom. The van der Waals surface area contributed by atoms with Gasteiger partial charge in [0.2, 0.25) is 5.17 Å². The van der Waals surface area contributed by atoms with Crippen molar-refractivity contribution in [2.24, 2.45) is 10.2 Å². The molecule has 0 fully saturated rings. The fraction of sp³-hybridized carbons (Fsp3) is 0.333. The fourth-order valence-electron chi connectivity index (χ4n) is 3.45. The van der Waals surface area contributed by atoms with E-state index in [-0.39, 0.29) is 0 Å². The van der Waals surface area contributed by atoms with E-state index in [1.807, 2.05) is 38.1 Å². The van der Waals surface area contributed by atoms with Crippen molar-refractivity contribution in [3.63, 3.8) is 0 Å². The summed E-state index contributed by atoms with van der Waals surface area (Å²) in [6.45, 7) is 10.00. The molecule has 150 valence electrons. The molecule has 0 saturated carbocycles. The van der Waals surface area contributed by atoms with Crippen LogP contribution in [0.4, 0.5) is 5.69 Å². The van der Waals surface area contributed by atoms with Crippen LogP contribution in [0.15, 0.2) is 49.7 Å². The van der Waals surface area contributed by atoms with Crippen molar-refractivity contribution in [2.75, 3.05) is 23.7 Å². The lowest BCUT2D eigenvalue weighted by molar-refractivity contribution is 0.559. The minimum atomic E-state index is -0.391. The fourth-order valence-corrected chi connectivity index (χ4v) is 4.33. The van der Waals surface area contributed by atoms with Crippen molar-refractivity contribution >= 4 is 39.3 Å². The highest BCUT2D eigenvalue weighted by Crippen LogP contribution is 2.24. The number of benzene rings is 1. The van der Waals surface area contributed by atoms with Gasteiger partial charge in [0.1, 0.15) is 5.58 Å². The Kier molecular flexibility index (Phi) is 5.27. The summed E-state index contributed by atoms with van der Waals surface area (Å²) in [4.78, 5) is 14.8. The van der Waals surface area contributed by atoms with E-state index in [9.17, 15) is 4.79 Å². The lowest BCUT2D eigenvalue weighted by Gasteiger charge is -2.21. The van der Waals surface area contributed by atoms with E-state index < -0.39 is 5.63 Å². The third-order valence-electron chi connectivity index (χ3n) is 4.94. The lowest BCUT2D eigenvalue weighted by Crippen LogP contribution is -2.23. The standard InChI is InChI=1S/C21H23N5O2S/c1-5-25(6-2)16-7-8-19-15(10-16)11-17(20(27)28-19)18-12-29-21(23-22-18)26-14(4)9-13(3)24-26/h7-11H,5-6,12H2,1-4H3. The van der Waals surface area contributed by atoms with Crippen LogP contribution in [0.5, 0.6) is 0 Å². The summed E-state index contributed by atoms with van der Waals surface area (Å²) in [5.74, 6) is 0.531. The Hall–Kier alpha value is -2.87. The van der Waals surface area contributed by atoms with Gasteiger partial charge in [-0.1, -0.05) is 11.8 Å². The van der Waals surface area contributed by atoms with E-state index in [0.717, 1.165) is 35.6 Å². The summed E-state index contributed by atoms with van der Waals surface area (Å²) in [5, 5.41) is 14.6. The molecular formula is C21H23N5O2S. The first-order valence-electron chi connectivity index (χ1n) is 9.64. The topological polar surface area (TPSA) is 76.0 Å². The molecule has 7 nitrogen and oxygen atoms in total. The number of thioether (sulfide) groups is 1. The van der Waals surface area contributed by atoms with Crippen molar-refractivity contribution in [2.45, 2.75) is 27.7 Å². The molecule has 8 heteroatoms. The maximum absolute atomic E-state index is 12.5. The van der Waals surface area contributed by atoms with Crippen LogP contribution in [-0.4, -0.2) is 39.5 Å². The van der Waals surface area contributed by atoms with E-state index in [1.165, 1.54) is 11.8 Å². The van der Waals surface area contributed by atoms with Crippen LogP contribution in [-0.2, 0) is 0 Å². The number of anilines is 1. The second-order valence-electron chi connectivity index (χ2n) is 6.90. The van der Waals surface area contributed by atoms with E-state index in [1.54, 1.807) is 4.68 Å². The maximum atomic E-state index is 12.5. The molecule has 0 atom stereocenters. The molecular weight excluding hydrogens is 386 g/mol. The zero-order valence-corrected chi connectivity index (χ0v) is 17.8. The van der Waals surface area contributed by atoms with Crippen LogP contribution in [0.2, 0.25) is 0 Å². The molecule has 0 bridgehead atoms. The highest BCUT2D eigenvalue weighted by molar-refractivity contribution is 8.14. The molecule has 1 aliphatic rings. The van der Waals surface area contributed by atoms with Gasteiger partial charge in [0.25, 0.3) is 0 Å². The normalized spacial score (nSPS) is 14.1. The molecule has 0 N–H and O–H groups in total. The van der Waals surface area contributed by atoms with Crippen molar-refractivity contribution in [3.8, 4) is 0 Å². The van der Waals surface area contributed by atoms with Crippen molar-refractivity contribution in [1.82, 2.24) is 9.78 Å². The molecule has 0 aliphatic carbocycles. The Bertz CT molecular complexity index is 1190. The Morgan fingerprint density at radius 3 is 2.55 bits per heavy atom. The predicted octanol–water partition coefficient (Wildman–Crippen LogP) is 3.81. The molecule has 0 amide bonds.